The maximum Gasteiger partial charge on any atom is 0.250 e. The molecule has 4 aromatic rings. The Kier molecular flexibility index (Phi) is 7.70. The Hall–Kier alpha value is -3.72. The number of carbonyl (C=O) groups excluding carboxylic acids is 1. The van der Waals surface area contributed by atoms with Crippen molar-refractivity contribution in [1.29, 1.82) is 0 Å². The van der Waals surface area contributed by atoms with Crippen LogP contribution < -0.4 is 15.5 Å². The first-order valence-corrected chi connectivity index (χ1v) is 13.4. The van der Waals surface area contributed by atoms with Gasteiger partial charge in [0.05, 0.1) is 28.5 Å². The van der Waals surface area contributed by atoms with E-state index in [9.17, 15) is 4.79 Å². The fourth-order valence-corrected chi connectivity index (χ4v) is 5.97. The van der Waals surface area contributed by atoms with Crippen LogP contribution in [0, 0.1) is 20.8 Å². The van der Waals surface area contributed by atoms with Crippen molar-refractivity contribution >= 4 is 46.2 Å². The molecule has 2 atom stereocenters. The lowest BCUT2D eigenvalue weighted by atomic mass is 9.93. The molecule has 0 bridgehead atoms. The van der Waals surface area contributed by atoms with Gasteiger partial charge in [-0.15, -0.1) is 0 Å². The van der Waals surface area contributed by atoms with E-state index in [0.717, 1.165) is 22.8 Å². The molecule has 1 fully saturated rings. The van der Waals surface area contributed by atoms with Crippen LogP contribution in [0.4, 0.5) is 11.4 Å². The van der Waals surface area contributed by atoms with Gasteiger partial charge in [-0.2, -0.15) is 0 Å². The van der Waals surface area contributed by atoms with E-state index in [1.54, 1.807) is 12.3 Å². The fourth-order valence-electron chi connectivity index (χ4n) is 5.40. The summed E-state index contributed by atoms with van der Waals surface area (Å²) in [7, 11) is 1.47. The molecule has 2 aromatic carbocycles. The zero-order valence-electron chi connectivity index (χ0n) is 22.2. The van der Waals surface area contributed by atoms with Crippen molar-refractivity contribution in [3.8, 4) is 5.69 Å². The van der Waals surface area contributed by atoms with Crippen LogP contribution in [0.3, 0.4) is 0 Å². The van der Waals surface area contributed by atoms with Gasteiger partial charge in [-0.3, -0.25) is 9.78 Å². The van der Waals surface area contributed by atoms with Crippen molar-refractivity contribution in [2.45, 2.75) is 32.9 Å². The van der Waals surface area contributed by atoms with Gasteiger partial charge in [0.1, 0.15) is 6.61 Å². The number of carbonyl (C=O) groups is 1. The van der Waals surface area contributed by atoms with E-state index in [1.807, 2.05) is 48.5 Å². The summed E-state index contributed by atoms with van der Waals surface area (Å²) in [6.45, 7) is 6.41. The first kappa shape index (κ1) is 26.9. The standard InChI is InChI=1S/C30H30ClN5O2S/c1-18-19(2)35(21-10-6-5-7-11-21)20(3)27(18)29-28(25-12-8-9-15-32-25)34-30(39)36(29)22-13-14-24(23(31)16-22)33-26(37)17-38-4/h5-16,28-29H,17H2,1-4H3,(H,33,37)(H,34,39)/t28-,29+/m1/s1. The van der Waals surface area contributed by atoms with E-state index in [4.69, 9.17) is 28.6 Å². The maximum absolute atomic E-state index is 12.1. The van der Waals surface area contributed by atoms with Crippen LogP contribution in [0.1, 0.15) is 40.3 Å². The highest BCUT2D eigenvalue weighted by Gasteiger charge is 2.43. The second-order valence-corrected chi connectivity index (χ2v) is 10.3. The molecule has 1 saturated heterocycles. The van der Waals surface area contributed by atoms with Crippen molar-refractivity contribution < 1.29 is 9.53 Å². The number of anilines is 2. The number of benzene rings is 2. The fraction of sp³-hybridized carbons (Fsp3) is 0.233. The van der Waals surface area contributed by atoms with Crippen molar-refractivity contribution in [3.63, 3.8) is 0 Å². The summed E-state index contributed by atoms with van der Waals surface area (Å²) in [5.41, 5.74) is 7.99. The molecule has 1 aliphatic heterocycles. The van der Waals surface area contributed by atoms with Crippen molar-refractivity contribution in [2.24, 2.45) is 0 Å². The number of ether oxygens (including phenoxy) is 1. The molecule has 7 nitrogen and oxygen atoms in total. The number of methoxy groups -OCH3 is 1. The number of hydrogen-bond acceptors (Lipinski definition) is 4. The number of para-hydroxylation sites is 1. The number of nitrogens with one attached hydrogen (secondary N) is 2. The molecule has 0 aliphatic carbocycles. The van der Waals surface area contributed by atoms with Gasteiger partial charge in [-0.05, 0) is 81.0 Å². The average molecular weight is 560 g/mol. The molecule has 1 aliphatic rings. The first-order chi connectivity index (χ1) is 18.8. The van der Waals surface area contributed by atoms with E-state index >= 15 is 0 Å². The molecule has 9 heteroatoms. The van der Waals surface area contributed by atoms with E-state index < -0.39 is 0 Å². The van der Waals surface area contributed by atoms with Crippen LogP contribution in [0.15, 0.2) is 72.9 Å². The predicted molar refractivity (Wildman–Crippen MR) is 160 cm³/mol. The average Bonchev–Trinajstić information content (AvgIpc) is 3.38. The molecule has 200 valence electrons. The third-order valence-corrected chi connectivity index (χ3v) is 7.82. The Labute approximate surface area is 238 Å². The van der Waals surface area contributed by atoms with Crippen molar-refractivity contribution in [1.82, 2.24) is 14.9 Å². The lowest BCUT2D eigenvalue weighted by Gasteiger charge is -2.29. The normalized spacial score (nSPS) is 16.8. The van der Waals surface area contributed by atoms with Crippen LogP contribution in [0.2, 0.25) is 5.02 Å². The van der Waals surface area contributed by atoms with E-state index in [2.05, 4.69) is 58.0 Å². The minimum absolute atomic E-state index is 0.0532. The molecular weight excluding hydrogens is 530 g/mol. The van der Waals surface area contributed by atoms with Gasteiger partial charge in [0.15, 0.2) is 5.11 Å². The van der Waals surface area contributed by atoms with Crippen molar-refractivity contribution in [2.75, 3.05) is 23.9 Å². The Morgan fingerprint density at radius 3 is 2.46 bits per heavy atom. The first-order valence-electron chi connectivity index (χ1n) is 12.6. The van der Waals surface area contributed by atoms with Crippen LogP contribution in [-0.2, 0) is 9.53 Å². The smallest absolute Gasteiger partial charge is 0.250 e. The molecule has 39 heavy (non-hydrogen) atoms. The molecule has 0 spiro atoms. The lowest BCUT2D eigenvalue weighted by Crippen LogP contribution is -2.30. The Morgan fingerprint density at radius 1 is 1.05 bits per heavy atom. The van der Waals surface area contributed by atoms with E-state index in [1.165, 1.54) is 23.9 Å². The number of aromatic nitrogens is 2. The molecule has 2 aromatic heterocycles. The monoisotopic (exact) mass is 559 g/mol. The van der Waals surface area contributed by atoms with Gasteiger partial charge in [0, 0.05) is 41.6 Å². The van der Waals surface area contributed by atoms with Gasteiger partial charge in [0.25, 0.3) is 0 Å². The number of rotatable bonds is 7. The zero-order chi connectivity index (χ0) is 27.7. The number of halogens is 1. The topological polar surface area (TPSA) is 71.4 Å². The second-order valence-electron chi connectivity index (χ2n) is 9.52. The highest BCUT2D eigenvalue weighted by atomic mass is 35.5. The molecule has 5 rings (SSSR count). The highest BCUT2D eigenvalue weighted by molar-refractivity contribution is 7.80. The molecular formula is C30H30ClN5O2S. The number of thiocarbonyl (C=S) groups is 1. The molecule has 2 N–H and O–H groups in total. The van der Waals surface area contributed by atoms with Crippen LogP contribution in [0.5, 0.6) is 0 Å². The van der Waals surface area contributed by atoms with Gasteiger partial charge >= 0.3 is 0 Å². The SMILES string of the molecule is COCC(=O)Nc1ccc(N2C(=S)N[C@H](c3ccccn3)[C@@H]2c2c(C)c(C)n(-c3ccccc3)c2C)cc1Cl. The molecule has 1 amide bonds. The Morgan fingerprint density at radius 2 is 1.79 bits per heavy atom. The molecule has 3 heterocycles. The minimum atomic E-state index is -0.275. The second kappa shape index (κ2) is 11.2. The molecule has 0 saturated carbocycles. The predicted octanol–water partition coefficient (Wildman–Crippen LogP) is 6.21. The molecule has 0 unspecified atom stereocenters. The van der Waals surface area contributed by atoms with Crippen LogP contribution in [-0.4, -0.2) is 34.3 Å². The van der Waals surface area contributed by atoms with Gasteiger partial charge in [-0.1, -0.05) is 35.9 Å². The van der Waals surface area contributed by atoms with Gasteiger partial charge < -0.3 is 24.8 Å². The largest absolute Gasteiger partial charge is 0.375 e. The lowest BCUT2D eigenvalue weighted by molar-refractivity contribution is -0.119. The third kappa shape index (κ3) is 5.03. The summed E-state index contributed by atoms with van der Waals surface area (Å²) < 4.78 is 7.21. The summed E-state index contributed by atoms with van der Waals surface area (Å²) in [4.78, 5) is 18.9. The Balaban J connectivity index is 1.64. The number of nitrogens with zero attached hydrogens (tertiary/aromatic N) is 3. The van der Waals surface area contributed by atoms with E-state index in [-0.39, 0.29) is 24.6 Å². The summed E-state index contributed by atoms with van der Waals surface area (Å²) in [5.74, 6) is -0.275. The number of pyridine rings is 1. The quantitative estimate of drug-likeness (QED) is 0.262. The number of amides is 1. The number of hydrogen-bond donors (Lipinski definition) is 2. The van der Waals surface area contributed by atoms with Gasteiger partial charge in [0.2, 0.25) is 5.91 Å². The maximum atomic E-state index is 12.1. The van der Waals surface area contributed by atoms with E-state index in [0.29, 0.717) is 15.8 Å². The highest BCUT2D eigenvalue weighted by Crippen LogP contribution is 2.46. The van der Waals surface area contributed by atoms with Crippen LogP contribution >= 0.6 is 23.8 Å². The Bertz CT molecular complexity index is 1520. The molecule has 0 radical (unpaired) electrons. The summed E-state index contributed by atoms with van der Waals surface area (Å²) in [5, 5.41) is 7.30. The zero-order valence-corrected chi connectivity index (χ0v) is 23.8. The summed E-state index contributed by atoms with van der Waals surface area (Å²) in [6.07, 6.45) is 1.80. The summed E-state index contributed by atoms with van der Waals surface area (Å²) in [6, 6.07) is 21.4. The van der Waals surface area contributed by atoms with Crippen molar-refractivity contribution in [3.05, 3.63) is 106 Å². The summed E-state index contributed by atoms with van der Waals surface area (Å²) >= 11 is 12.6. The third-order valence-electron chi connectivity index (χ3n) is 7.20. The van der Waals surface area contributed by atoms with Gasteiger partial charge in [-0.25, -0.2) is 0 Å². The minimum Gasteiger partial charge on any atom is -0.375 e. The van der Waals surface area contributed by atoms with Crippen LogP contribution in [0.25, 0.3) is 5.69 Å².